The van der Waals surface area contributed by atoms with E-state index in [0.717, 1.165) is 16.3 Å². The van der Waals surface area contributed by atoms with Crippen molar-refractivity contribution in [1.29, 1.82) is 0 Å². The Hall–Kier alpha value is -2.04. The molecule has 0 N–H and O–H groups in total. The van der Waals surface area contributed by atoms with Gasteiger partial charge >= 0.3 is 6.18 Å². The summed E-state index contributed by atoms with van der Waals surface area (Å²) in [5.74, 6) is -1.56. The van der Waals surface area contributed by atoms with Crippen molar-refractivity contribution >= 4 is 16.7 Å². The molecule has 0 bridgehead atoms. The summed E-state index contributed by atoms with van der Waals surface area (Å²) in [6.07, 6.45) is -3.38. The minimum atomic E-state index is -4.20. The van der Waals surface area contributed by atoms with Crippen LogP contribution in [0.4, 0.5) is 13.2 Å². The summed E-state index contributed by atoms with van der Waals surface area (Å²) >= 11 is 0. The van der Waals surface area contributed by atoms with Gasteiger partial charge in [-0.15, -0.1) is 0 Å². The first-order chi connectivity index (χ1) is 10.9. The molecule has 1 heterocycles. The fraction of sp³-hybridized carbons (Fsp3) is 0.389. The molecule has 1 fully saturated rings. The maximum Gasteiger partial charge on any atom is 0.393 e. The third-order valence-corrected chi connectivity index (χ3v) is 4.45. The van der Waals surface area contributed by atoms with Gasteiger partial charge in [-0.05, 0) is 29.2 Å². The second kappa shape index (κ2) is 6.22. The molecule has 0 radical (unpaired) electrons. The quantitative estimate of drug-likeness (QED) is 0.830. The Morgan fingerprint density at radius 2 is 1.87 bits per heavy atom. The number of fused-ring (bicyclic) bond motifs is 1. The first-order valence-corrected chi connectivity index (χ1v) is 7.75. The van der Waals surface area contributed by atoms with Crippen LogP contribution in [0, 0.1) is 5.92 Å². The lowest BCUT2D eigenvalue weighted by molar-refractivity contribution is -0.171. The zero-order valence-electron chi connectivity index (χ0n) is 12.6. The molecule has 0 saturated carbocycles. The molecule has 0 aliphatic carbocycles. The van der Waals surface area contributed by atoms with Crippen LogP contribution >= 0.6 is 0 Å². The first-order valence-electron chi connectivity index (χ1n) is 7.75. The van der Waals surface area contributed by atoms with Gasteiger partial charge in [-0.3, -0.25) is 4.79 Å². The standard InChI is InChI=1S/C18H18F3NO/c19-18(20,21)16-9-10-22(12-16)17(23)8-6-13-5-7-14-3-1-2-4-15(14)11-13/h1-5,7,11,16H,6,8-10,12H2/t16-/m0/s1. The van der Waals surface area contributed by atoms with Crippen molar-refractivity contribution in [3.8, 4) is 0 Å². The Kier molecular flexibility index (Phi) is 4.28. The molecule has 1 amide bonds. The predicted molar refractivity (Wildman–Crippen MR) is 83.0 cm³/mol. The zero-order chi connectivity index (χ0) is 16.4. The summed E-state index contributed by atoms with van der Waals surface area (Å²) in [6, 6.07) is 14.0. The van der Waals surface area contributed by atoms with E-state index in [-0.39, 0.29) is 31.8 Å². The molecule has 1 aliphatic heterocycles. The number of likely N-dealkylation sites (tertiary alicyclic amines) is 1. The number of aryl methyl sites for hydroxylation is 1. The zero-order valence-corrected chi connectivity index (χ0v) is 12.6. The first kappa shape index (κ1) is 15.8. The molecular formula is C18H18F3NO. The highest BCUT2D eigenvalue weighted by atomic mass is 19.4. The summed E-state index contributed by atoms with van der Waals surface area (Å²) < 4.78 is 38.0. The number of rotatable bonds is 3. The van der Waals surface area contributed by atoms with Gasteiger partial charge in [0.2, 0.25) is 5.91 Å². The van der Waals surface area contributed by atoms with Crippen molar-refractivity contribution in [2.45, 2.75) is 25.4 Å². The van der Waals surface area contributed by atoms with Crippen LogP contribution in [0.3, 0.4) is 0 Å². The van der Waals surface area contributed by atoms with E-state index in [1.807, 2.05) is 42.5 Å². The number of alkyl halides is 3. The van der Waals surface area contributed by atoms with Crippen LogP contribution < -0.4 is 0 Å². The van der Waals surface area contributed by atoms with Crippen molar-refractivity contribution in [3.05, 3.63) is 48.0 Å². The summed E-state index contributed by atoms with van der Waals surface area (Å²) in [7, 11) is 0. The lowest BCUT2D eigenvalue weighted by atomic mass is 10.0. The molecule has 5 heteroatoms. The van der Waals surface area contributed by atoms with Crippen LogP contribution in [0.2, 0.25) is 0 Å². The fourth-order valence-corrected chi connectivity index (χ4v) is 3.06. The molecule has 2 aromatic rings. The summed E-state index contributed by atoms with van der Waals surface area (Å²) in [5.41, 5.74) is 1.03. The maximum absolute atomic E-state index is 12.7. The highest BCUT2D eigenvalue weighted by Crippen LogP contribution is 2.33. The minimum Gasteiger partial charge on any atom is -0.342 e. The number of carbonyl (C=O) groups excluding carboxylic acids is 1. The van der Waals surface area contributed by atoms with Crippen molar-refractivity contribution in [2.75, 3.05) is 13.1 Å². The monoisotopic (exact) mass is 321 g/mol. The number of halogens is 3. The third kappa shape index (κ3) is 3.66. The molecule has 1 atom stereocenters. The Labute approximate surface area is 132 Å². The summed E-state index contributed by atoms with van der Waals surface area (Å²) in [6.45, 7) is 0.0147. The van der Waals surface area contributed by atoms with Gasteiger partial charge in [0.15, 0.2) is 0 Å². The van der Waals surface area contributed by atoms with Gasteiger partial charge in [-0.2, -0.15) is 13.2 Å². The van der Waals surface area contributed by atoms with Crippen LogP contribution in [-0.4, -0.2) is 30.1 Å². The van der Waals surface area contributed by atoms with E-state index in [0.29, 0.717) is 6.42 Å². The van der Waals surface area contributed by atoms with Crippen LogP contribution in [0.1, 0.15) is 18.4 Å². The van der Waals surface area contributed by atoms with E-state index in [2.05, 4.69) is 0 Å². The normalized spacial score (nSPS) is 18.6. The van der Waals surface area contributed by atoms with Crippen molar-refractivity contribution in [2.24, 2.45) is 5.92 Å². The fourth-order valence-electron chi connectivity index (χ4n) is 3.06. The summed E-state index contributed by atoms with van der Waals surface area (Å²) in [4.78, 5) is 13.5. The Morgan fingerprint density at radius 1 is 1.13 bits per heavy atom. The molecule has 2 nitrogen and oxygen atoms in total. The van der Waals surface area contributed by atoms with E-state index in [9.17, 15) is 18.0 Å². The van der Waals surface area contributed by atoms with Gasteiger partial charge in [0.1, 0.15) is 0 Å². The highest BCUT2D eigenvalue weighted by molar-refractivity contribution is 5.83. The lowest BCUT2D eigenvalue weighted by Gasteiger charge is -2.18. The molecule has 2 aromatic carbocycles. The molecule has 1 aliphatic rings. The van der Waals surface area contributed by atoms with Crippen LogP contribution in [0.5, 0.6) is 0 Å². The average Bonchev–Trinajstić information content (AvgIpc) is 3.02. The van der Waals surface area contributed by atoms with Gasteiger partial charge in [0, 0.05) is 19.5 Å². The molecule has 23 heavy (non-hydrogen) atoms. The smallest absolute Gasteiger partial charge is 0.342 e. The SMILES string of the molecule is O=C(CCc1ccc2ccccc2c1)N1CC[C@H](C(F)(F)F)C1. The molecule has 0 unspecified atom stereocenters. The number of hydrogen-bond acceptors (Lipinski definition) is 1. The van der Waals surface area contributed by atoms with Crippen molar-refractivity contribution in [3.63, 3.8) is 0 Å². The van der Waals surface area contributed by atoms with Gasteiger partial charge in [0.05, 0.1) is 5.92 Å². The van der Waals surface area contributed by atoms with Crippen LogP contribution in [0.15, 0.2) is 42.5 Å². The molecule has 0 spiro atoms. The molecule has 0 aromatic heterocycles. The van der Waals surface area contributed by atoms with E-state index in [1.165, 1.54) is 4.90 Å². The van der Waals surface area contributed by atoms with E-state index < -0.39 is 12.1 Å². The summed E-state index contributed by atoms with van der Waals surface area (Å²) in [5, 5.41) is 2.24. The Balaban J connectivity index is 1.58. The largest absolute Gasteiger partial charge is 0.393 e. The molecular weight excluding hydrogens is 303 g/mol. The Bertz CT molecular complexity index is 711. The van der Waals surface area contributed by atoms with E-state index >= 15 is 0 Å². The van der Waals surface area contributed by atoms with Gasteiger partial charge in [-0.1, -0.05) is 42.5 Å². The maximum atomic E-state index is 12.7. The molecule has 122 valence electrons. The third-order valence-electron chi connectivity index (χ3n) is 4.45. The highest BCUT2D eigenvalue weighted by Gasteiger charge is 2.44. The van der Waals surface area contributed by atoms with E-state index in [4.69, 9.17) is 0 Å². The second-order valence-electron chi connectivity index (χ2n) is 6.05. The van der Waals surface area contributed by atoms with Crippen LogP contribution in [-0.2, 0) is 11.2 Å². The molecule has 1 saturated heterocycles. The van der Waals surface area contributed by atoms with Crippen molar-refractivity contribution in [1.82, 2.24) is 4.90 Å². The number of nitrogens with zero attached hydrogens (tertiary/aromatic N) is 1. The average molecular weight is 321 g/mol. The lowest BCUT2D eigenvalue weighted by Crippen LogP contribution is -2.32. The topological polar surface area (TPSA) is 20.3 Å². The van der Waals surface area contributed by atoms with Crippen LogP contribution in [0.25, 0.3) is 10.8 Å². The minimum absolute atomic E-state index is 0.0191. The number of benzene rings is 2. The second-order valence-corrected chi connectivity index (χ2v) is 6.05. The number of hydrogen-bond donors (Lipinski definition) is 0. The number of amides is 1. The van der Waals surface area contributed by atoms with Gasteiger partial charge in [0.25, 0.3) is 0 Å². The number of carbonyl (C=O) groups is 1. The molecule has 3 rings (SSSR count). The predicted octanol–water partition coefficient (Wildman–Crippen LogP) is 4.18. The van der Waals surface area contributed by atoms with Gasteiger partial charge in [-0.25, -0.2) is 0 Å². The van der Waals surface area contributed by atoms with Crippen molar-refractivity contribution < 1.29 is 18.0 Å². The Morgan fingerprint density at radius 3 is 2.57 bits per heavy atom. The van der Waals surface area contributed by atoms with Gasteiger partial charge < -0.3 is 4.90 Å². The van der Waals surface area contributed by atoms with E-state index in [1.54, 1.807) is 0 Å².